The largest absolute Gasteiger partial charge is 0.463 e. The molecule has 1 aliphatic rings. The van der Waals surface area contributed by atoms with Crippen molar-refractivity contribution in [1.29, 1.82) is 0 Å². The van der Waals surface area contributed by atoms with Crippen LogP contribution in [-0.2, 0) is 0 Å². The molecule has 0 saturated carbocycles. The Labute approximate surface area is 98.4 Å². The van der Waals surface area contributed by atoms with Crippen LogP contribution in [-0.4, -0.2) is 35.1 Å². The molecule has 4 heteroatoms. The zero-order chi connectivity index (χ0) is 11.8. The van der Waals surface area contributed by atoms with Crippen molar-refractivity contribution in [3.63, 3.8) is 0 Å². The van der Waals surface area contributed by atoms with Crippen LogP contribution in [0.25, 0.3) is 11.0 Å². The predicted molar refractivity (Wildman–Crippen MR) is 62.7 cm³/mol. The summed E-state index contributed by atoms with van der Waals surface area (Å²) in [4.78, 5) is 13.9. The Hall–Kier alpha value is -1.81. The summed E-state index contributed by atoms with van der Waals surface area (Å²) < 4.78 is 5.35. The van der Waals surface area contributed by atoms with Gasteiger partial charge in [-0.15, -0.1) is 0 Å². The maximum absolute atomic E-state index is 12.2. The molecule has 1 amide bonds. The van der Waals surface area contributed by atoms with Gasteiger partial charge >= 0.3 is 0 Å². The summed E-state index contributed by atoms with van der Waals surface area (Å²) in [6.45, 7) is 1.03. The number of para-hydroxylation sites is 1. The van der Waals surface area contributed by atoms with E-state index in [9.17, 15) is 9.90 Å². The van der Waals surface area contributed by atoms with Crippen molar-refractivity contribution in [1.82, 2.24) is 4.90 Å². The molecule has 0 aliphatic carbocycles. The van der Waals surface area contributed by atoms with Gasteiger partial charge in [0.05, 0.1) is 11.7 Å². The summed E-state index contributed by atoms with van der Waals surface area (Å²) in [5.41, 5.74) is 1.30. The highest BCUT2D eigenvalue weighted by atomic mass is 16.3. The third-order valence-corrected chi connectivity index (χ3v) is 3.16. The molecular weight excluding hydrogens is 218 g/mol. The quantitative estimate of drug-likeness (QED) is 0.811. The number of hydrogen-bond donors (Lipinski definition) is 1. The van der Waals surface area contributed by atoms with Crippen molar-refractivity contribution in [3.8, 4) is 0 Å². The number of likely N-dealkylation sites (tertiary alicyclic amines) is 1. The molecule has 4 nitrogen and oxygen atoms in total. The van der Waals surface area contributed by atoms with Crippen molar-refractivity contribution >= 4 is 16.9 Å². The van der Waals surface area contributed by atoms with E-state index in [1.54, 1.807) is 4.90 Å². The Bertz CT molecular complexity index is 561. The maximum Gasteiger partial charge on any atom is 0.257 e. The highest BCUT2D eigenvalue weighted by Crippen LogP contribution is 2.23. The van der Waals surface area contributed by atoms with E-state index in [0.717, 1.165) is 11.0 Å². The number of carbonyl (C=O) groups excluding carboxylic acids is 1. The Morgan fingerprint density at radius 2 is 2.24 bits per heavy atom. The third kappa shape index (κ3) is 1.70. The first kappa shape index (κ1) is 10.4. The van der Waals surface area contributed by atoms with Crippen molar-refractivity contribution in [2.75, 3.05) is 13.1 Å². The van der Waals surface area contributed by atoms with Gasteiger partial charge in [-0.3, -0.25) is 4.79 Å². The molecule has 0 radical (unpaired) electrons. The fourth-order valence-corrected chi connectivity index (χ4v) is 2.24. The van der Waals surface area contributed by atoms with E-state index in [1.807, 2.05) is 24.3 Å². The van der Waals surface area contributed by atoms with Crippen LogP contribution in [0.5, 0.6) is 0 Å². The maximum atomic E-state index is 12.2. The van der Waals surface area contributed by atoms with Crippen LogP contribution in [0.4, 0.5) is 0 Å². The highest BCUT2D eigenvalue weighted by molar-refractivity contribution is 6.05. The average molecular weight is 231 g/mol. The highest BCUT2D eigenvalue weighted by Gasteiger charge is 2.27. The fourth-order valence-electron chi connectivity index (χ4n) is 2.24. The smallest absolute Gasteiger partial charge is 0.257 e. The van der Waals surface area contributed by atoms with Gasteiger partial charge < -0.3 is 14.4 Å². The van der Waals surface area contributed by atoms with E-state index < -0.39 is 6.10 Å². The molecule has 0 bridgehead atoms. The van der Waals surface area contributed by atoms with E-state index >= 15 is 0 Å². The van der Waals surface area contributed by atoms with Crippen LogP contribution in [0.15, 0.2) is 34.9 Å². The molecule has 3 rings (SSSR count). The number of aliphatic hydroxyl groups excluding tert-OH is 1. The summed E-state index contributed by atoms with van der Waals surface area (Å²) in [5, 5.41) is 10.3. The van der Waals surface area contributed by atoms with Gasteiger partial charge in [0.1, 0.15) is 11.8 Å². The standard InChI is InChI=1S/C13H13NO3/c15-9-5-6-14(7-9)13(16)11-8-17-12-4-2-1-3-10(11)12/h1-4,8-9,15H,5-7H2/t9-/m1/s1. The van der Waals surface area contributed by atoms with Crippen molar-refractivity contribution in [3.05, 3.63) is 36.1 Å². The monoisotopic (exact) mass is 231 g/mol. The number of benzene rings is 1. The summed E-state index contributed by atoms with van der Waals surface area (Å²) in [6.07, 6.45) is 1.76. The van der Waals surface area contributed by atoms with Crippen molar-refractivity contribution in [2.24, 2.45) is 0 Å². The number of nitrogens with zero attached hydrogens (tertiary/aromatic N) is 1. The molecule has 1 saturated heterocycles. The molecule has 1 aliphatic heterocycles. The molecule has 1 N–H and O–H groups in total. The Morgan fingerprint density at radius 3 is 3.00 bits per heavy atom. The second kappa shape index (κ2) is 3.89. The molecule has 17 heavy (non-hydrogen) atoms. The second-order valence-electron chi connectivity index (χ2n) is 4.34. The van der Waals surface area contributed by atoms with Gasteiger partial charge in [0.25, 0.3) is 5.91 Å². The molecule has 1 aromatic heterocycles. The summed E-state index contributed by atoms with van der Waals surface area (Å²) >= 11 is 0. The zero-order valence-corrected chi connectivity index (χ0v) is 9.30. The molecule has 0 unspecified atom stereocenters. The zero-order valence-electron chi connectivity index (χ0n) is 9.30. The molecule has 2 aromatic rings. The van der Waals surface area contributed by atoms with Crippen molar-refractivity contribution < 1.29 is 14.3 Å². The van der Waals surface area contributed by atoms with Crippen LogP contribution in [0.1, 0.15) is 16.8 Å². The van der Waals surface area contributed by atoms with Gasteiger partial charge in [-0.05, 0) is 12.5 Å². The predicted octanol–water partition coefficient (Wildman–Crippen LogP) is 1.64. The summed E-state index contributed by atoms with van der Waals surface area (Å²) in [6, 6.07) is 7.47. The first-order valence-corrected chi connectivity index (χ1v) is 5.69. The number of carbonyl (C=O) groups is 1. The van der Waals surface area contributed by atoms with Gasteiger partial charge in [0, 0.05) is 18.5 Å². The van der Waals surface area contributed by atoms with Gasteiger partial charge in [-0.25, -0.2) is 0 Å². The molecule has 1 atom stereocenters. The molecular formula is C13H13NO3. The lowest BCUT2D eigenvalue weighted by Gasteiger charge is -2.14. The number of β-amino-alcohol motifs (C(OH)–C–C–N with tert-alkyl or cyclic N) is 1. The number of furan rings is 1. The van der Waals surface area contributed by atoms with Crippen molar-refractivity contribution in [2.45, 2.75) is 12.5 Å². The minimum atomic E-state index is -0.392. The fraction of sp³-hybridized carbons (Fsp3) is 0.308. The summed E-state index contributed by atoms with van der Waals surface area (Å²) in [5.74, 6) is -0.0634. The first-order valence-electron chi connectivity index (χ1n) is 5.69. The van der Waals surface area contributed by atoms with Crippen LogP contribution in [0.3, 0.4) is 0 Å². The lowest BCUT2D eigenvalue weighted by atomic mass is 10.1. The van der Waals surface area contributed by atoms with E-state index in [2.05, 4.69) is 0 Å². The molecule has 1 aromatic carbocycles. The van der Waals surface area contributed by atoms with Crippen LogP contribution in [0, 0.1) is 0 Å². The summed E-state index contributed by atoms with van der Waals surface area (Å²) in [7, 11) is 0. The molecule has 2 heterocycles. The van der Waals surface area contributed by atoms with E-state index in [-0.39, 0.29) is 5.91 Å². The van der Waals surface area contributed by atoms with Crippen LogP contribution >= 0.6 is 0 Å². The minimum absolute atomic E-state index is 0.0634. The number of aliphatic hydroxyl groups is 1. The van der Waals surface area contributed by atoms with E-state index in [0.29, 0.717) is 25.1 Å². The first-order chi connectivity index (χ1) is 8.25. The molecule has 1 fully saturated rings. The van der Waals surface area contributed by atoms with E-state index in [4.69, 9.17) is 4.42 Å². The number of rotatable bonds is 1. The number of hydrogen-bond acceptors (Lipinski definition) is 3. The third-order valence-electron chi connectivity index (χ3n) is 3.16. The van der Waals surface area contributed by atoms with Crippen LogP contribution in [0.2, 0.25) is 0 Å². The SMILES string of the molecule is O=C(c1coc2ccccc12)N1CC[C@@H](O)C1. The van der Waals surface area contributed by atoms with Crippen LogP contribution < -0.4 is 0 Å². The van der Waals surface area contributed by atoms with Gasteiger partial charge in [0.2, 0.25) is 0 Å². The number of amides is 1. The average Bonchev–Trinajstić information content (AvgIpc) is 2.94. The molecule has 88 valence electrons. The van der Waals surface area contributed by atoms with E-state index in [1.165, 1.54) is 6.26 Å². The molecule has 0 spiro atoms. The Balaban J connectivity index is 1.96. The van der Waals surface area contributed by atoms with Gasteiger partial charge in [-0.2, -0.15) is 0 Å². The normalized spacial score (nSPS) is 20.1. The topological polar surface area (TPSA) is 53.7 Å². The van der Waals surface area contributed by atoms with Gasteiger partial charge in [-0.1, -0.05) is 18.2 Å². The Morgan fingerprint density at radius 1 is 1.41 bits per heavy atom. The Kier molecular flexibility index (Phi) is 2.37. The number of fused-ring (bicyclic) bond motifs is 1. The van der Waals surface area contributed by atoms with Gasteiger partial charge in [0.15, 0.2) is 0 Å². The minimum Gasteiger partial charge on any atom is -0.463 e. The lowest BCUT2D eigenvalue weighted by Crippen LogP contribution is -2.29. The lowest BCUT2D eigenvalue weighted by molar-refractivity contribution is 0.0766. The second-order valence-corrected chi connectivity index (χ2v) is 4.34.